The number of benzene rings is 1. The fraction of sp³-hybridized carbons (Fsp3) is 0.467. The molecule has 0 bridgehead atoms. The van der Waals surface area contributed by atoms with Gasteiger partial charge in [0.15, 0.2) is 0 Å². The highest BCUT2D eigenvalue weighted by atomic mass is 16.6. The van der Waals surface area contributed by atoms with E-state index in [9.17, 15) is 19.7 Å². The predicted molar refractivity (Wildman–Crippen MR) is 85.6 cm³/mol. The Labute approximate surface area is 134 Å². The molecule has 0 saturated heterocycles. The van der Waals surface area contributed by atoms with Gasteiger partial charge in [-0.05, 0) is 26.0 Å². The van der Waals surface area contributed by atoms with Crippen molar-refractivity contribution >= 4 is 23.3 Å². The van der Waals surface area contributed by atoms with E-state index in [1.54, 1.807) is 16.8 Å². The molecule has 126 valence electrons. The van der Waals surface area contributed by atoms with Gasteiger partial charge in [-0.1, -0.05) is 0 Å². The Hall–Kier alpha value is -2.64. The maximum Gasteiger partial charge on any atom is 0.344 e. The van der Waals surface area contributed by atoms with Gasteiger partial charge < -0.3 is 14.5 Å². The van der Waals surface area contributed by atoms with Crippen LogP contribution in [-0.4, -0.2) is 55.5 Å². The monoisotopic (exact) mass is 323 g/mol. The van der Waals surface area contributed by atoms with Crippen molar-refractivity contribution in [2.75, 3.05) is 38.7 Å². The van der Waals surface area contributed by atoms with Gasteiger partial charge >= 0.3 is 5.97 Å². The summed E-state index contributed by atoms with van der Waals surface area (Å²) >= 11 is 0. The minimum atomic E-state index is -0.790. The second kappa shape index (κ2) is 8.11. The zero-order chi connectivity index (χ0) is 17.6. The maximum absolute atomic E-state index is 12.1. The van der Waals surface area contributed by atoms with Crippen molar-refractivity contribution in [3.05, 3.63) is 33.9 Å². The number of ether oxygens (including phenoxy) is 1. The number of hydrogen-bond donors (Lipinski definition) is 0. The summed E-state index contributed by atoms with van der Waals surface area (Å²) in [6, 6.07) is 4.10. The summed E-state index contributed by atoms with van der Waals surface area (Å²) in [6.07, 6.45) is 0. The van der Waals surface area contributed by atoms with Crippen LogP contribution in [0, 0.1) is 10.1 Å². The number of nitrogens with zero attached hydrogens (tertiary/aromatic N) is 3. The summed E-state index contributed by atoms with van der Waals surface area (Å²) in [5, 5.41) is 11.0. The molecule has 0 aliphatic rings. The van der Waals surface area contributed by atoms with Crippen LogP contribution in [0.15, 0.2) is 18.2 Å². The number of carbonyl (C=O) groups is 2. The Balaban J connectivity index is 3.06. The number of esters is 1. The van der Waals surface area contributed by atoms with E-state index < -0.39 is 10.9 Å². The lowest BCUT2D eigenvalue weighted by atomic mass is 10.1. The van der Waals surface area contributed by atoms with Crippen molar-refractivity contribution in [3.63, 3.8) is 0 Å². The third-order valence-electron chi connectivity index (χ3n) is 3.51. The normalized spacial score (nSPS) is 10.1. The molecule has 1 rings (SSSR count). The first-order valence-electron chi connectivity index (χ1n) is 7.21. The second-order valence-corrected chi connectivity index (χ2v) is 4.87. The Morgan fingerprint density at radius 3 is 2.35 bits per heavy atom. The van der Waals surface area contributed by atoms with Crippen molar-refractivity contribution in [1.29, 1.82) is 0 Å². The topological polar surface area (TPSA) is 93.0 Å². The Morgan fingerprint density at radius 2 is 1.87 bits per heavy atom. The molecule has 23 heavy (non-hydrogen) atoms. The number of nitro benzene ring substituents is 1. The minimum Gasteiger partial charge on any atom is -0.465 e. The smallest absolute Gasteiger partial charge is 0.344 e. The fourth-order valence-corrected chi connectivity index (χ4v) is 2.16. The number of carbonyl (C=O) groups excluding carboxylic acids is 2. The first-order valence-corrected chi connectivity index (χ1v) is 7.21. The summed E-state index contributed by atoms with van der Waals surface area (Å²) in [5.41, 5.74) is 0.0534. The van der Waals surface area contributed by atoms with Crippen LogP contribution in [0.3, 0.4) is 0 Å². The first-order chi connectivity index (χ1) is 10.8. The van der Waals surface area contributed by atoms with Crippen LogP contribution in [0.25, 0.3) is 0 Å². The number of amides is 1. The lowest BCUT2D eigenvalue weighted by molar-refractivity contribution is -0.385. The van der Waals surface area contributed by atoms with Crippen molar-refractivity contribution in [3.8, 4) is 0 Å². The summed E-state index contributed by atoms with van der Waals surface area (Å²) in [6.45, 7) is 5.11. The van der Waals surface area contributed by atoms with Gasteiger partial charge in [-0.15, -0.1) is 0 Å². The average molecular weight is 323 g/mol. The molecule has 0 saturated carbocycles. The summed E-state index contributed by atoms with van der Waals surface area (Å²) in [4.78, 5) is 37.5. The lowest BCUT2D eigenvalue weighted by Crippen LogP contribution is -2.38. The third kappa shape index (κ3) is 4.41. The Kier molecular flexibility index (Phi) is 6.49. The highest BCUT2D eigenvalue weighted by molar-refractivity contribution is 5.95. The highest BCUT2D eigenvalue weighted by Crippen LogP contribution is 2.25. The van der Waals surface area contributed by atoms with Gasteiger partial charge in [-0.25, -0.2) is 4.79 Å². The largest absolute Gasteiger partial charge is 0.465 e. The van der Waals surface area contributed by atoms with Crippen molar-refractivity contribution < 1.29 is 19.2 Å². The zero-order valence-corrected chi connectivity index (χ0v) is 13.7. The number of anilines is 1. The van der Waals surface area contributed by atoms with Crippen LogP contribution in [0.5, 0.6) is 0 Å². The standard InChI is InChI=1S/C15H21N3O5/c1-5-17(6-2)14(19)10-16(3)11-7-8-13(18(21)22)12(9-11)15(20)23-4/h7-9H,5-6,10H2,1-4H3. The second-order valence-electron chi connectivity index (χ2n) is 4.87. The SMILES string of the molecule is CCN(CC)C(=O)CN(C)c1ccc([N+](=O)[O-])c(C(=O)OC)c1. The van der Waals surface area contributed by atoms with E-state index in [0.29, 0.717) is 18.8 Å². The van der Waals surface area contributed by atoms with E-state index in [4.69, 9.17) is 0 Å². The molecule has 0 aromatic heterocycles. The summed E-state index contributed by atoms with van der Waals surface area (Å²) < 4.78 is 4.58. The van der Waals surface area contributed by atoms with Crippen LogP contribution in [0.1, 0.15) is 24.2 Å². The minimum absolute atomic E-state index is 0.0597. The van der Waals surface area contributed by atoms with Gasteiger partial charge in [0.1, 0.15) is 5.56 Å². The molecule has 0 fully saturated rings. The Bertz CT molecular complexity index is 599. The van der Waals surface area contributed by atoms with Gasteiger partial charge in [-0.3, -0.25) is 14.9 Å². The number of hydrogen-bond acceptors (Lipinski definition) is 6. The molecule has 0 heterocycles. The van der Waals surface area contributed by atoms with Gasteiger partial charge in [0.2, 0.25) is 5.91 Å². The molecule has 0 aliphatic carbocycles. The number of nitro groups is 1. The van der Waals surface area contributed by atoms with Crippen LogP contribution in [-0.2, 0) is 9.53 Å². The van der Waals surface area contributed by atoms with Gasteiger partial charge in [0, 0.05) is 31.9 Å². The molecule has 0 aliphatic heterocycles. The van der Waals surface area contributed by atoms with E-state index in [2.05, 4.69) is 4.74 Å². The maximum atomic E-state index is 12.1. The first kappa shape index (κ1) is 18.4. The van der Waals surface area contributed by atoms with E-state index >= 15 is 0 Å². The molecule has 8 heteroatoms. The van der Waals surface area contributed by atoms with E-state index in [-0.39, 0.29) is 23.7 Å². The molecule has 8 nitrogen and oxygen atoms in total. The molecule has 0 N–H and O–H groups in total. The molecular weight excluding hydrogens is 302 g/mol. The summed E-state index contributed by atoms with van der Waals surface area (Å²) in [5.74, 6) is -0.850. The molecular formula is C15H21N3O5. The molecule has 0 unspecified atom stereocenters. The van der Waals surface area contributed by atoms with E-state index in [1.165, 1.54) is 18.2 Å². The molecule has 1 aromatic rings. The van der Waals surface area contributed by atoms with E-state index in [0.717, 1.165) is 7.11 Å². The summed E-state index contributed by atoms with van der Waals surface area (Å²) in [7, 11) is 2.84. The van der Waals surface area contributed by atoms with Crippen molar-refractivity contribution in [1.82, 2.24) is 4.90 Å². The van der Waals surface area contributed by atoms with Gasteiger partial charge in [0.05, 0.1) is 18.6 Å². The van der Waals surface area contributed by atoms with Crippen LogP contribution in [0.4, 0.5) is 11.4 Å². The third-order valence-corrected chi connectivity index (χ3v) is 3.51. The van der Waals surface area contributed by atoms with Gasteiger partial charge in [0.25, 0.3) is 5.69 Å². The highest BCUT2D eigenvalue weighted by Gasteiger charge is 2.23. The van der Waals surface area contributed by atoms with Crippen molar-refractivity contribution in [2.45, 2.75) is 13.8 Å². The zero-order valence-electron chi connectivity index (χ0n) is 13.7. The van der Waals surface area contributed by atoms with Gasteiger partial charge in [-0.2, -0.15) is 0 Å². The average Bonchev–Trinajstić information content (AvgIpc) is 2.54. The lowest BCUT2D eigenvalue weighted by Gasteiger charge is -2.24. The number of rotatable bonds is 7. The van der Waals surface area contributed by atoms with Crippen LogP contribution < -0.4 is 4.90 Å². The van der Waals surface area contributed by atoms with Crippen LogP contribution >= 0.6 is 0 Å². The molecule has 0 spiro atoms. The molecule has 0 atom stereocenters. The van der Waals surface area contributed by atoms with Crippen molar-refractivity contribution in [2.24, 2.45) is 0 Å². The molecule has 1 amide bonds. The van der Waals surface area contributed by atoms with Crippen LogP contribution in [0.2, 0.25) is 0 Å². The predicted octanol–water partition coefficient (Wildman–Crippen LogP) is 1.69. The quantitative estimate of drug-likeness (QED) is 0.430. The fourth-order valence-electron chi connectivity index (χ4n) is 2.16. The van der Waals surface area contributed by atoms with E-state index in [1.807, 2.05) is 13.8 Å². The Morgan fingerprint density at radius 1 is 1.26 bits per heavy atom. The molecule has 1 aromatic carbocycles. The number of methoxy groups -OCH3 is 1. The molecule has 0 radical (unpaired) electrons. The number of likely N-dealkylation sites (N-methyl/N-ethyl adjacent to an activating group) is 2.